The third-order valence-corrected chi connectivity index (χ3v) is 10.9. The maximum atomic E-state index is 13.0. The second-order valence-corrected chi connectivity index (χ2v) is 15.7. The summed E-state index contributed by atoms with van der Waals surface area (Å²) >= 11 is 0. The second kappa shape index (κ2) is 38.6. The minimum atomic E-state index is -0.705. The van der Waals surface area contributed by atoms with E-state index >= 15 is 0 Å². The summed E-state index contributed by atoms with van der Waals surface area (Å²) in [4.78, 5) is 23.8. The monoisotopic (exact) mass is 702 g/mol. The van der Waals surface area contributed by atoms with Crippen molar-refractivity contribution in [2.45, 2.75) is 251 Å². The van der Waals surface area contributed by atoms with Gasteiger partial charge in [0, 0.05) is 11.8 Å². The van der Waals surface area contributed by atoms with Crippen LogP contribution in [0.3, 0.4) is 0 Å². The summed E-state index contributed by atoms with van der Waals surface area (Å²) in [5.74, 6) is -0.784. The van der Waals surface area contributed by atoms with E-state index in [0.29, 0.717) is 0 Å². The van der Waals surface area contributed by atoms with Crippen LogP contribution in [-0.2, 0) is 9.59 Å². The molecule has 0 aromatic heterocycles. The molecule has 0 saturated heterocycles. The lowest BCUT2D eigenvalue weighted by Gasteiger charge is -2.31. The van der Waals surface area contributed by atoms with Crippen molar-refractivity contribution in [2.24, 2.45) is 11.1 Å². The number of aliphatic carboxylic acids is 1. The van der Waals surface area contributed by atoms with Gasteiger partial charge in [0.05, 0.1) is 0 Å². The summed E-state index contributed by atoms with van der Waals surface area (Å²) in [5, 5.41) is 8.90. The van der Waals surface area contributed by atoms with Gasteiger partial charge >= 0.3 is 5.97 Å². The van der Waals surface area contributed by atoms with Gasteiger partial charge in [0.1, 0.15) is 0 Å². The smallest absolute Gasteiger partial charge is 0.303 e. The number of nitrogens with two attached hydrogens (primary N) is 1. The standard InChI is InChI=1S/C46H87NO3/c1-3-5-7-9-11-13-15-17-19-21-23-25-27-29-33-37-41-46(45(47)50,43-39-35-31-32-36-40-44(48)49)42-38-34-30-28-26-24-22-20-18-16-14-12-10-8-6-4-2/h17-20H,3-16,21-43H2,1-2H3,(H2,47,50)(H,48,49)/b19-17-,20-18-. The zero-order chi connectivity index (χ0) is 36.6. The number of carbonyl (C=O) groups is 2. The molecule has 0 rings (SSSR count). The van der Waals surface area contributed by atoms with Crippen LogP contribution in [0, 0.1) is 5.41 Å². The van der Waals surface area contributed by atoms with Crippen LogP contribution in [0.4, 0.5) is 0 Å². The van der Waals surface area contributed by atoms with Crippen LogP contribution >= 0.6 is 0 Å². The average molecular weight is 702 g/mol. The summed E-state index contributed by atoms with van der Waals surface area (Å²) in [6, 6.07) is 0. The molecule has 294 valence electrons. The van der Waals surface area contributed by atoms with E-state index in [9.17, 15) is 9.59 Å². The molecule has 0 aromatic rings. The molecule has 50 heavy (non-hydrogen) atoms. The molecule has 0 radical (unpaired) electrons. The number of carbonyl (C=O) groups excluding carboxylic acids is 1. The Balaban J connectivity index is 4.33. The van der Waals surface area contributed by atoms with Crippen molar-refractivity contribution >= 4 is 11.9 Å². The summed E-state index contributed by atoms with van der Waals surface area (Å²) in [5.41, 5.74) is 5.82. The van der Waals surface area contributed by atoms with Gasteiger partial charge < -0.3 is 10.8 Å². The van der Waals surface area contributed by atoms with E-state index < -0.39 is 5.97 Å². The second-order valence-electron chi connectivity index (χ2n) is 15.7. The fraction of sp³-hybridized carbons (Fsp3) is 0.870. The number of hydrogen-bond acceptors (Lipinski definition) is 2. The first-order chi connectivity index (χ1) is 24.5. The Kier molecular flexibility index (Phi) is 37.4. The Hall–Kier alpha value is -1.58. The van der Waals surface area contributed by atoms with Crippen LogP contribution in [0.15, 0.2) is 24.3 Å². The number of carboxylic acids is 1. The molecule has 0 fully saturated rings. The maximum absolute atomic E-state index is 13.0. The summed E-state index contributed by atoms with van der Waals surface area (Å²) in [6.45, 7) is 4.56. The number of rotatable bonds is 41. The molecule has 0 aromatic carbocycles. The van der Waals surface area contributed by atoms with E-state index in [4.69, 9.17) is 10.8 Å². The SMILES string of the molecule is CCCCCCCC/C=C\CCCCCCCCC(CCCCCCCC/C=C\CCCCCCCC)(CCCCCCCC(=O)O)C(N)=O. The Morgan fingerprint density at radius 1 is 0.420 bits per heavy atom. The molecule has 0 atom stereocenters. The predicted molar refractivity (Wildman–Crippen MR) is 220 cm³/mol. The van der Waals surface area contributed by atoms with Gasteiger partial charge in [0.15, 0.2) is 0 Å². The lowest BCUT2D eigenvalue weighted by Crippen LogP contribution is -2.37. The number of primary amides is 1. The van der Waals surface area contributed by atoms with Gasteiger partial charge in [-0.15, -0.1) is 0 Å². The number of carboxylic acid groups (broad SMARTS) is 1. The first kappa shape index (κ1) is 48.4. The minimum absolute atomic E-state index is 0.0797. The van der Waals surface area contributed by atoms with Crippen LogP contribution in [0.1, 0.15) is 251 Å². The normalized spacial score (nSPS) is 12.1. The van der Waals surface area contributed by atoms with Crippen LogP contribution in [0.5, 0.6) is 0 Å². The van der Waals surface area contributed by atoms with Gasteiger partial charge in [-0.1, -0.05) is 192 Å². The highest BCUT2D eigenvalue weighted by Gasteiger charge is 2.34. The van der Waals surface area contributed by atoms with Crippen molar-refractivity contribution in [3.8, 4) is 0 Å². The molecule has 0 saturated carbocycles. The third-order valence-electron chi connectivity index (χ3n) is 10.9. The Labute approximate surface area is 312 Å². The van der Waals surface area contributed by atoms with Crippen molar-refractivity contribution in [1.29, 1.82) is 0 Å². The first-order valence-electron chi connectivity index (χ1n) is 22.3. The number of hydrogen-bond donors (Lipinski definition) is 2. The fourth-order valence-corrected chi connectivity index (χ4v) is 7.44. The van der Waals surface area contributed by atoms with Crippen LogP contribution < -0.4 is 5.73 Å². The first-order valence-corrected chi connectivity index (χ1v) is 22.3. The molecular weight excluding hydrogens is 615 g/mol. The maximum Gasteiger partial charge on any atom is 0.303 e. The van der Waals surface area contributed by atoms with Gasteiger partial charge in [-0.3, -0.25) is 9.59 Å². The van der Waals surface area contributed by atoms with Crippen molar-refractivity contribution in [1.82, 2.24) is 0 Å². The highest BCUT2D eigenvalue weighted by molar-refractivity contribution is 5.80. The van der Waals surface area contributed by atoms with Gasteiger partial charge in [-0.2, -0.15) is 0 Å². The Morgan fingerprint density at radius 2 is 0.680 bits per heavy atom. The molecule has 4 nitrogen and oxygen atoms in total. The van der Waals surface area contributed by atoms with Gasteiger partial charge in [0.25, 0.3) is 0 Å². The predicted octanol–water partition coefficient (Wildman–Crippen LogP) is 15.1. The van der Waals surface area contributed by atoms with Gasteiger partial charge in [-0.25, -0.2) is 0 Å². The average Bonchev–Trinajstić information content (AvgIpc) is 3.10. The molecule has 0 heterocycles. The molecule has 0 aliphatic carbocycles. The van der Waals surface area contributed by atoms with Gasteiger partial charge in [0.2, 0.25) is 5.91 Å². The molecule has 0 aliphatic rings. The number of unbranched alkanes of at least 4 members (excludes halogenated alkanes) is 28. The highest BCUT2D eigenvalue weighted by Crippen LogP contribution is 2.37. The lowest BCUT2D eigenvalue weighted by molar-refractivity contribution is -0.137. The summed E-state index contributed by atoms with van der Waals surface area (Å²) < 4.78 is 0. The van der Waals surface area contributed by atoms with E-state index in [1.54, 1.807) is 0 Å². The molecule has 0 aliphatic heterocycles. The fourth-order valence-electron chi connectivity index (χ4n) is 7.44. The lowest BCUT2D eigenvalue weighted by atomic mass is 9.73. The quantitative estimate of drug-likeness (QED) is 0.0492. The van der Waals surface area contributed by atoms with E-state index in [1.807, 2.05) is 0 Å². The molecular formula is C46H87NO3. The molecule has 0 unspecified atom stereocenters. The third kappa shape index (κ3) is 33.6. The largest absolute Gasteiger partial charge is 0.481 e. The number of amides is 1. The molecule has 1 amide bonds. The van der Waals surface area contributed by atoms with Crippen molar-refractivity contribution in [2.75, 3.05) is 0 Å². The zero-order valence-corrected chi connectivity index (χ0v) is 33.8. The van der Waals surface area contributed by atoms with Crippen LogP contribution in [0.25, 0.3) is 0 Å². The number of allylic oxidation sites excluding steroid dienone is 4. The Bertz CT molecular complexity index is 746. The van der Waals surface area contributed by atoms with Crippen molar-refractivity contribution < 1.29 is 14.7 Å². The molecule has 3 N–H and O–H groups in total. The van der Waals surface area contributed by atoms with Crippen LogP contribution in [-0.4, -0.2) is 17.0 Å². The van der Waals surface area contributed by atoms with Crippen molar-refractivity contribution in [3.63, 3.8) is 0 Å². The van der Waals surface area contributed by atoms with Crippen LogP contribution in [0.2, 0.25) is 0 Å². The Morgan fingerprint density at radius 3 is 0.960 bits per heavy atom. The van der Waals surface area contributed by atoms with Gasteiger partial charge in [-0.05, 0) is 77.0 Å². The van der Waals surface area contributed by atoms with E-state index in [0.717, 1.165) is 64.2 Å². The van der Waals surface area contributed by atoms with E-state index in [2.05, 4.69) is 38.2 Å². The molecule has 4 heteroatoms. The van der Waals surface area contributed by atoms with Crippen molar-refractivity contribution in [3.05, 3.63) is 24.3 Å². The van der Waals surface area contributed by atoms with E-state index in [1.165, 1.54) is 167 Å². The molecule has 0 spiro atoms. The summed E-state index contributed by atoms with van der Waals surface area (Å²) in [6.07, 6.45) is 53.8. The zero-order valence-electron chi connectivity index (χ0n) is 33.8. The topological polar surface area (TPSA) is 80.4 Å². The minimum Gasteiger partial charge on any atom is -0.481 e. The van der Waals surface area contributed by atoms with E-state index in [-0.39, 0.29) is 17.7 Å². The highest BCUT2D eigenvalue weighted by atomic mass is 16.4. The summed E-state index contributed by atoms with van der Waals surface area (Å²) in [7, 11) is 0. The molecule has 0 bridgehead atoms.